The van der Waals surface area contributed by atoms with E-state index in [9.17, 15) is 38.2 Å². The van der Waals surface area contributed by atoms with Gasteiger partial charge in [-0.25, -0.2) is 38.7 Å². The molecule has 2 saturated heterocycles. The van der Waals surface area contributed by atoms with Crippen molar-refractivity contribution < 1.29 is 42.9 Å². The SMILES string of the molecule is C[C@@H](NC(=O)c1c[nH]c2ncc(-c3nc(CO)n4cc(F)ccc34)nc12)C(=O)N1CC(C#N)C1.C[C@@H](NC(=O)c1cn(COCC[Si](C)(C)C)c2ncc(-c3nc(CO)n4cc(F)ccc34)nc12)C(=O)N1CC(C#N)C1. The highest BCUT2D eigenvalue weighted by molar-refractivity contribution is 6.76. The monoisotopic (exact) mass is 1050 g/mol. The lowest BCUT2D eigenvalue weighted by atomic mass is 10.0. The smallest absolute Gasteiger partial charge is 0.255 e. The predicted octanol–water partition coefficient (Wildman–Crippen LogP) is 3.79. The minimum absolute atomic E-state index is 0.154. The first kappa shape index (κ1) is 52.3. The van der Waals surface area contributed by atoms with Crippen LogP contribution in [0.15, 0.2) is 61.4 Å². The molecule has 0 aromatic carbocycles. The summed E-state index contributed by atoms with van der Waals surface area (Å²) in [6.45, 7) is 11.3. The zero-order valence-corrected chi connectivity index (χ0v) is 43.0. The number of likely N-dealkylation sites (tertiary alicyclic amines) is 2. The van der Waals surface area contributed by atoms with Crippen LogP contribution in [-0.2, 0) is 34.3 Å². The van der Waals surface area contributed by atoms with Gasteiger partial charge >= 0.3 is 0 Å². The quantitative estimate of drug-likeness (QED) is 0.0721. The number of nitrogens with zero attached hydrogens (tertiary/aromatic N) is 13. The van der Waals surface area contributed by atoms with Crippen LogP contribution in [-0.4, -0.2) is 145 Å². The van der Waals surface area contributed by atoms with E-state index in [0.717, 1.165) is 6.04 Å². The van der Waals surface area contributed by atoms with Crippen molar-refractivity contribution in [2.45, 2.75) is 71.6 Å². The van der Waals surface area contributed by atoms with E-state index in [4.69, 9.17) is 20.2 Å². The van der Waals surface area contributed by atoms with Crippen LogP contribution in [0.2, 0.25) is 25.7 Å². The molecule has 76 heavy (non-hydrogen) atoms. The van der Waals surface area contributed by atoms with Crippen molar-refractivity contribution in [1.82, 2.24) is 68.7 Å². The van der Waals surface area contributed by atoms with Gasteiger partial charge in [0.2, 0.25) is 11.8 Å². The number of aliphatic hydroxyl groups excluding tert-OH is 2. The summed E-state index contributed by atoms with van der Waals surface area (Å²) in [6, 6.07) is 9.23. The van der Waals surface area contributed by atoms with Crippen molar-refractivity contribution in [2.24, 2.45) is 11.8 Å². The molecule has 5 N–H and O–H groups in total. The van der Waals surface area contributed by atoms with Gasteiger partial charge in [-0.05, 0) is 44.2 Å². The lowest BCUT2D eigenvalue weighted by Crippen LogP contribution is -2.55. The molecule has 2 aliphatic heterocycles. The van der Waals surface area contributed by atoms with E-state index < -0.39 is 56.8 Å². The number of carbonyl (C=O) groups is 4. The Morgan fingerprint density at radius 2 is 1.25 bits per heavy atom. The number of hydrogen-bond donors (Lipinski definition) is 5. The van der Waals surface area contributed by atoms with Crippen molar-refractivity contribution in [1.29, 1.82) is 10.5 Å². The Bertz CT molecular complexity index is 3650. The number of hydrogen-bond acceptors (Lipinski definition) is 15. The summed E-state index contributed by atoms with van der Waals surface area (Å²) in [5.74, 6) is -2.43. The number of nitrogens with one attached hydrogen (secondary N) is 3. The molecule has 8 aromatic heterocycles. The molecule has 4 amide bonds. The van der Waals surface area contributed by atoms with E-state index >= 15 is 0 Å². The van der Waals surface area contributed by atoms with Gasteiger partial charge in [-0.3, -0.25) is 28.0 Å². The van der Waals surface area contributed by atoms with Crippen molar-refractivity contribution in [3.63, 3.8) is 0 Å². The fourth-order valence-corrected chi connectivity index (χ4v) is 9.45. The maximum atomic E-state index is 13.9. The molecule has 0 aliphatic carbocycles. The van der Waals surface area contributed by atoms with Crippen molar-refractivity contribution in [2.75, 3.05) is 32.8 Å². The van der Waals surface area contributed by atoms with E-state index in [1.54, 1.807) is 24.6 Å². The molecule has 0 bridgehead atoms. The summed E-state index contributed by atoms with van der Waals surface area (Å²) >= 11 is 0. The number of amides is 4. The van der Waals surface area contributed by atoms with Crippen molar-refractivity contribution in [3.05, 3.63) is 95.9 Å². The van der Waals surface area contributed by atoms with E-state index in [0.29, 0.717) is 77.9 Å². The first-order valence-corrected chi connectivity index (χ1v) is 27.9. The molecular weight excluding hydrogens is 1000 g/mol. The molecule has 26 heteroatoms. The first-order valence-electron chi connectivity index (χ1n) is 24.2. The summed E-state index contributed by atoms with van der Waals surface area (Å²) in [6.07, 6.45) is 8.48. The van der Waals surface area contributed by atoms with Gasteiger partial charge in [0.1, 0.15) is 89.1 Å². The Balaban J connectivity index is 0.000000190. The third-order valence-corrected chi connectivity index (χ3v) is 14.7. The Morgan fingerprint density at radius 3 is 1.75 bits per heavy atom. The maximum Gasteiger partial charge on any atom is 0.255 e. The molecule has 0 unspecified atom stereocenters. The lowest BCUT2D eigenvalue weighted by Gasteiger charge is -2.37. The number of pyridine rings is 2. The summed E-state index contributed by atoms with van der Waals surface area (Å²) in [5.41, 5.74) is 4.15. The van der Waals surface area contributed by atoms with Gasteiger partial charge in [0.25, 0.3) is 11.8 Å². The highest BCUT2D eigenvalue weighted by atomic mass is 28.3. The molecule has 10 heterocycles. The van der Waals surface area contributed by atoms with E-state index in [1.165, 1.54) is 73.9 Å². The van der Waals surface area contributed by atoms with E-state index in [-0.39, 0.29) is 64.2 Å². The van der Waals surface area contributed by atoms with Crippen LogP contribution in [0.3, 0.4) is 0 Å². The van der Waals surface area contributed by atoms with Crippen LogP contribution in [0.1, 0.15) is 46.2 Å². The second-order valence-electron chi connectivity index (χ2n) is 19.7. The summed E-state index contributed by atoms with van der Waals surface area (Å²) in [4.78, 5) is 84.6. The fourth-order valence-electron chi connectivity index (χ4n) is 8.69. The zero-order chi connectivity index (χ0) is 54.2. The molecule has 2 atom stereocenters. The Kier molecular flexibility index (Phi) is 14.7. The summed E-state index contributed by atoms with van der Waals surface area (Å²) in [7, 11) is -1.31. The van der Waals surface area contributed by atoms with E-state index in [2.05, 4.69) is 72.3 Å². The van der Waals surface area contributed by atoms with Gasteiger partial charge in [0.15, 0.2) is 11.3 Å². The number of H-pyrrole nitrogens is 1. The highest BCUT2D eigenvalue weighted by Gasteiger charge is 2.35. The normalized spacial score (nSPS) is 14.7. The number of imidazole rings is 2. The fraction of sp³-hybridized carbons (Fsp3) is 0.360. The summed E-state index contributed by atoms with van der Waals surface area (Å²) < 4.78 is 38.1. The minimum atomic E-state index is -1.31. The van der Waals surface area contributed by atoms with Crippen LogP contribution >= 0.6 is 0 Å². The number of ether oxygens (including phenoxy) is 1. The predicted molar refractivity (Wildman–Crippen MR) is 271 cm³/mol. The average molecular weight is 1060 g/mol. The number of halogens is 2. The van der Waals surface area contributed by atoms with Crippen LogP contribution < -0.4 is 10.6 Å². The molecule has 0 radical (unpaired) electrons. The maximum absolute atomic E-state index is 13.9. The van der Waals surface area contributed by atoms with Crippen LogP contribution in [0.4, 0.5) is 8.78 Å². The minimum Gasteiger partial charge on any atom is -0.388 e. The molecule has 2 fully saturated rings. The van der Waals surface area contributed by atoms with Gasteiger partial charge in [0, 0.05) is 65.6 Å². The van der Waals surface area contributed by atoms with Gasteiger partial charge in [-0.15, -0.1) is 0 Å². The number of nitriles is 2. The van der Waals surface area contributed by atoms with Crippen molar-refractivity contribution >= 4 is 65.1 Å². The third kappa shape index (κ3) is 10.6. The summed E-state index contributed by atoms with van der Waals surface area (Å²) in [5, 5.41) is 42.7. The number of carbonyl (C=O) groups excluding carboxylic acids is 4. The second kappa shape index (κ2) is 21.3. The Hall–Kier alpha value is -8.56. The van der Waals surface area contributed by atoms with Gasteiger partial charge in [0.05, 0.1) is 58.5 Å². The largest absolute Gasteiger partial charge is 0.388 e. The third-order valence-electron chi connectivity index (χ3n) is 13.0. The second-order valence-corrected chi connectivity index (χ2v) is 25.4. The number of rotatable bonds is 15. The molecule has 392 valence electrons. The van der Waals surface area contributed by atoms with Crippen molar-refractivity contribution in [3.8, 4) is 34.9 Å². The lowest BCUT2D eigenvalue weighted by molar-refractivity contribution is -0.138. The van der Waals surface area contributed by atoms with Crippen LogP contribution in [0.25, 0.3) is 56.1 Å². The number of fused-ring (bicyclic) bond motifs is 4. The molecule has 23 nitrogen and oxygen atoms in total. The highest BCUT2D eigenvalue weighted by Crippen LogP contribution is 2.29. The van der Waals surface area contributed by atoms with Gasteiger partial charge in [-0.2, -0.15) is 10.5 Å². The molecule has 0 spiro atoms. The van der Waals surface area contributed by atoms with Crippen LogP contribution in [0, 0.1) is 46.1 Å². The van der Waals surface area contributed by atoms with Gasteiger partial charge < -0.3 is 44.9 Å². The Labute approximate surface area is 432 Å². The standard InChI is InChI=1S/C28H33FN8O4Si.C22H19FN8O3/c1-17(28(40)35-11-18(9-30)12-35)32-27(39)20-14-36(16-41-7-8-42(2,3)4)26-24(20)33-21(10-31-26)25-22-6-5-19(29)13-37(22)23(15-38)34-25;1-11(22(34)30-7-12(4-24)8-30)27-21(33)14-5-25-20-18(14)28-15(6-26-20)19-16-3-2-13(23)9-31(16)17(10-32)29-19/h5-6,10,13-14,17-18,38H,7-8,11-12,15-16H2,1-4H3,(H,32,39);2-3,5-6,9,11-12,32H,7-8,10H2,1H3,(H,25,26)(H,27,33)/t17-;11-/m11/s1. The van der Waals surface area contributed by atoms with Gasteiger partial charge in [-0.1, -0.05) is 19.6 Å². The molecule has 0 saturated carbocycles. The number of aromatic nitrogens is 10. The number of aliphatic hydroxyl groups is 2. The molecule has 8 aromatic rings. The first-order chi connectivity index (χ1) is 36.4. The molecular formula is C50H52F2N16O7Si. The Morgan fingerprint density at radius 1 is 0.750 bits per heavy atom. The topological polar surface area (TPSA) is 303 Å². The number of aromatic amines is 1. The van der Waals surface area contributed by atoms with E-state index in [1.807, 2.05) is 0 Å². The molecule has 2 aliphatic rings. The zero-order valence-electron chi connectivity index (χ0n) is 42.0. The average Bonchev–Trinajstić information content (AvgIpc) is 4.15. The van der Waals surface area contributed by atoms with Crippen LogP contribution in [0.5, 0.6) is 0 Å². The molecule has 10 rings (SSSR count).